The highest BCUT2D eigenvalue weighted by atomic mass is 15.2. The van der Waals surface area contributed by atoms with Gasteiger partial charge in [0.25, 0.3) is 0 Å². The fourth-order valence-corrected chi connectivity index (χ4v) is 3.74. The van der Waals surface area contributed by atoms with E-state index >= 15 is 0 Å². The molecular formula is C17H26N2. The standard InChI is InChI=1S/C17H26N2/c1-2-5-14-9-11-19(12-14)13-17-16-7-4-3-6-15(16)8-10-18-17/h3-4,6-7,14,17-18H,2,5,8-13H2,1H3. The van der Waals surface area contributed by atoms with Crippen molar-refractivity contribution < 1.29 is 0 Å². The maximum Gasteiger partial charge on any atom is 0.0452 e. The summed E-state index contributed by atoms with van der Waals surface area (Å²) < 4.78 is 0. The summed E-state index contributed by atoms with van der Waals surface area (Å²) in [6, 6.07) is 9.51. The lowest BCUT2D eigenvalue weighted by Gasteiger charge is -2.30. The van der Waals surface area contributed by atoms with Crippen molar-refractivity contribution in [3.8, 4) is 0 Å². The molecule has 1 aromatic rings. The van der Waals surface area contributed by atoms with E-state index in [2.05, 4.69) is 41.4 Å². The quantitative estimate of drug-likeness (QED) is 0.893. The number of hydrogen-bond donors (Lipinski definition) is 1. The summed E-state index contributed by atoms with van der Waals surface area (Å²) >= 11 is 0. The molecule has 2 atom stereocenters. The zero-order valence-electron chi connectivity index (χ0n) is 12.1. The average molecular weight is 258 g/mol. The van der Waals surface area contributed by atoms with Crippen molar-refractivity contribution in [2.45, 2.75) is 38.6 Å². The van der Waals surface area contributed by atoms with Crippen LogP contribution in [0.4, 0.5) is 0 Å². The van der Waals surface area contributed by atoms with E-state index in [-0.39, 0.29) is 0 Å². The Morgan fingerprint density at radius 1 is 1.32 bits per heavy atom. The Morgan fingerprint density at radius 2 is 2.21 bits per heavy atom. The lowest BCUT2D eigenvalue weighted by molar-refractivity contribution is 0.275. The lowest BCUT2D eigenvalue weighted by Crippen LogP contribution is -2.38. The first kappa shape index (κ1) is 13.1. The van der Waals surface area contributed by atoms with Gasteiger partial charge in [-0.15, -0.1) is 0 Å². The summed E-state index contributed by atoms with van der Waals surface area (Å²) in [5.74, 6) is 0.948. The van der Waals surface area contributed by atoms with Crippen LogP contribution in [0.15, 0.2) is 24.3 Å². The maximum atomic E-state index is 3.71. The molecule has 1 aromatic carbocycles. The van der Waals surface area contributed by atoms with E-state index in [0.29, 0.717) is 6.04 Å². The monoisotopic (exact) mass is 258 g/mol. The van der Waals surface area contributed by atoms with E-state index in [1.54, 1.807) is 5.56 Å². The average Bonchev–Trinajstić information content (AvgIpc) is 2.87. The summed E-state index contributed by atoms with van der Waals surface area (Å²) in [5, 5.41) is 3.71. The van der Waals surface area contributed by atoms with Crippen LogP contribution in [0.3, 0.4) is 0 Å². The van der Waals surface area contributed by atoms with Gasteiger partial charge in [-0.1, -0.05) is 37.6 Å². The Balaban J connectivity index is 1.62. The highest BCUT2D eigenvalue weighted by Crippen LogP contribution is 2.27. The van der Waals surface area contributed by atoms with Gasteiger partial charge in [-0.25, -0.2) is 0 Å². The molecule has 2 heteroatoms. The van der Waals surface area contributed by atoms with Gasteiger partial charge in [0.1, 0.15) is 0 Å². The Labute approximate surface area is 117 Å². The van der Waals surface area contributed by atoms with Crippen molar-refractivity contribution in [3.05, 3.63) is 35.4 Å². The van der Waals surface area contributed by atoms with Gasteiger partial charge in [-0.3, -0.25) is 0 Å². The second-order valence-electron chi connectivity index (χ2n) is 6.16. The molecule has 0 aliphatic carbocycles. The molecular weight excluding hydrogens is 232 g/mol. The van der Waals surface area contributed by atoms with Crippen LogP contribution in [0.5, 0.6) is 0 Å². The number of likely N-dealkylation sites (tertiary alicyclic amines) is 1. The third kappa shape index (κ3) is 3.01. The van der Waals surface area contributed by atoms with Crippen LogP contribution in [0.1, 0.15) is 43.4 Å². The summed E-state index contributed by atoms with van der Waals surface area (Å²) in [5.41, 5.74) is 3.09. The largest absolute Gasteiger partial charge is 0.309 e. The van der Waals surface area contributed by atoms with E-state index in [0.717, 1.165) is 12.5 Å². The number of hydrogen-bond acceptors (Lipinski definition) is 2. The maximum absolute atomic E-state index is 3.71. The van der Waals surface area contributed by atoms with Crippen molar-refractivity contribution in [1.82, 2.24) is 10.2 Å². The molecule has 104 valence electrons. The lowest BCUT2D eigenvalue weighted by atomic mass is 9.94. The fraction of sp³-hybridized carbons (Fsp3) is 0.647. The smallest absolute Gasteiger partial charge is 0.0452 e. The van der Waals surface area contributed by atoms with Crippen molar-refractivity contribution in [3.63, 3.8) is 0 Å². The molecule has 2 aliphatic rings. The molecule has 0 spiro atoms. The van der Waals surface area contributed by atoms with Gasteiger partial charge in [-0.2, -0.15) is 0 Å². The van der Waals surface area contributed by atoms with Crippen LogP contribution < -0.4 is 5.32 Å². The molecule has 0 aromatic heterocycles. The summed E-state index contributed by atoms with van der Waals surface area (Å²) in [7, 11) is 0. The number of nitrogens with zero attached hydrogens (tertiary/aromatic N) is 1. The SMILES string of the molecule is CCCC1CCN(CC2NCCc3ccccc32)C1. The van der Waals surface area contributed by atoms with Crippen molar-refractivity contribution >= 4 is 0 Å². The van der Waals surface area contributed by atoms with Crippen LogP contribution >= 0.6 is 0 Å². The van der Waals surface area contributed by atoms with Crippen molar-refractivity contribution in [1.29, 1.82) is 0 Å². The van der Waals surface area contributed by atoms with Crippen LogP contribution in [-0.2, 0) is 6.42 Å². The van der Waals surface area contributed by atoms with Gasteiger partial charge in [0.2, 0.25) is 0 Å². The van der Waals surface area contributed by atoms with E-state index < -0.39 is 0 Å². The normalized spacial score (nSPS) is 27.4. The van der Waals surface area contributed by atoms with Gasteiger partial charge < -0.3 is 10.2 Å². The second-order valence-corrected chi connectivity index (χ2v) is 6.16. The van der Waals surface area contributed by atoms with Gasteiger partial charge in [0.15, 0.2) is 0 Å². The van der Waals surface area contributed by atoms with Crippen LogP contribution in [-0.4, -0.2) is 31.1 Å². The highest BCUT2D eigenvalue weighted by Gasteiger charge is 2.26. The molecule has 0 radical (unpaired) electrons. The number of benzene rings is 1. The predicted molar refractivity (Wildman–Crippen MR) is 80.3 cm³/mol. The van der Waals surface area contributed by atoms with Gasteiger partial charge >= 0.3 is 0 Å². The van der Waals surface area contributed by atoms with E-state index in [1.807, 2.05) is 0 Å². The van der Waals surface area contributed by atoms with Crippen LogP contribution in [0.25, 0.3) is 0 Å². The number of fused-ring (bicyclic) bond motifs is 1. The minimum absolute atomic E-state index is 0.547. The molecule has 0 saturated carbocycles. The minimum Gasteiger partial charge on any atom is -0.309 e. The predicted octanol–water partition coefficient (Wildman–Crippen LogP) is 3.00. The molecule has 0 bridgehead atoms. The third-order valence-corrected chi connectivity index (χ3v) is 4.72. The molecule has 3 rings (SSSR count). The summed E-state index contributed by atoms with van der Waals surface area (Å²) in [6.45, 7) is 7.24. The summed E-state index contributed by atoms with van der Waals surface area (Å²) in [6.07, 6.45) is 5.33. The Bertz CT molecular complexity index is 415. The zero-order valence-corrected chi connectivity index (χ0v) is 12.1. The number of rotatable bonds is 4. The molecule has 0 amide bonds. The topological polar surface area (TPSA) is 15.3 Å². The Hall–Kier alpha value is -0.860. The molecule has 19 heavy (non-hydrogen) atoms. The third-order valence-electron chi connectivity index (χ3n) is 4.72. The van der Waals surface area contributed by atoms with Crippen LogP contribution in [0.2, 0.25) is 0 Å². The number of nitrogens with one attached hydrogen (secondary N) is 1. The zero-order chi connectivity index (χ0) is 13.1. The molecule has 1 saturated heterocycles. The molecule has 1 N–H and O–H groups in total. The first-order valence-electron chi connectivity index (χ1n) is 7.90. The molecule has 2 nitrogen and oxygen atoms in total. The fourth-order valence-electron chi connectivity index (χ4n) is 3.74. The first-order chi connectivity index (χ1) is 9.36. The Kier molecular flexibility index (Phi) is 4.19. The van der Waals surface area contributed by atoms with E-state index in [4.69, 9.17) is 0 Å². The summed E-state index contributed by atoms with van der Waals surface area (Å²) in [4.78, 5) is 2.67. The van der Waals surface area contributed by atoms with Crippen molar-refractivity contribution in [2.75, 3.05) is 26.2 Å². The van der Waals surface area contributed by atoms with E-state index in [1.165, 1.54) is 50.9 Å². The first-order valence-corrected chi connectivity index (χ1v) is 7.90. The van der Waals surface area contributed by atoms with Crippen LogP contribution in [0, 0.1) is 5.92 Å². The minimum atomic E-state index is 0.547. The molecule has 2 aliphatic heterocycles. The van der Waals surface area contributed by atoms with Gasteiger partial charge in [0, 0.05) is 19.1 Å². The van der Waals surface area contributed by atoms with Gasteiger partial charge in [-0.05, 0) is 49.4 Å². The Morgan fingerprint density at radius 3 is 3.11 bits per heavy atom. The molecule has 2 heterocycles. The molecule has 1 fully saturated rings. The highest BCUT2D eigenvalue weighted by molar-refractivity contribution is 5.32. The molecule has 2 unspecified atom stereocenters. The second kappa shape index (κ2) is 6.06. The van der Waals surface area contributed by atoms with Gasteiger partial charge in [0.05, 0.1) is 0 Å². The van der Waals surface area contributed by atoms with E-state index in [9.17, 15) is 0 Å². The van der Waals surface area contributed by atoms with Crippen molar-refractivity contribution in [2.24, 2.45) is 5.92 Å².